The maximum Gasteiger partial charge on any atom is 0.252 e. The number of hydrogen-bond donors (Lipinski definition) is 1. The van der Waals surface area contributed by atoms with E-state index in [4.69, 9.17) is 13.9 Å². The number of rotatable bonds is 8. The number of furan rings is 1. The van der Waals surface area contributed by atoms with Gasteiger partial charge in [0.1, 0.15) is 25.5 Å². The number of aromatic amines is 1. The number of benzene rings is 1. The zero-order valence-electron chi connectivity index (χ0n) is 21.1. The fourth-order valence-corrected chi connectivity index (χ4v) is 5.69. The molecule has 1 aliphatic carbocycles. The van der Waals surface area contributed by atoms with Crippen LogP contribution in [0.25, 0.3) is 10.9 Å². The second-order valence-corrected chi connectivity index (χ2v) is 9.87. The molecule has 1 aliphatic heterocycles. The lowest BCUT2D eigenvalue weighted by atomic mass is 9.92. The summed E-state index contributed by atoms with van der Waals surface area (Å²) in [6.07, 6.45) is 8.30. The zero-order chi connectivity index (χ0) is 25.2. The molecule has 6 rings (SSSR count). The summed E-state index contributed by atoms with van der Waals surface area (Å²) in [6, 6.07) is 9.90. The monoisotopic (exact) mass is 504 g/mol. The first-order valence-electron chi connectivity index (χ1n) is 13.2. The Labute approximate surface area is 214 Å². The topological polar surface area (TPSA) is 111 Å². The van der Waals surface area contributed by atoms with Crippen LogP contribution >= 0.6 is 0 Å². The van der Waals surface area contributed by atoms with Gasteiger partial charge in [0.25, 0.3) is 5.56 Å². The van der Waals surface area contributed by atoms with Gasteiger partial charge in [0, 0.05) is 29.6 Å². The Balaban J connectivity index is 1.36. The van der Waals surface area contributed by atoms with Gasteiger partial charge >= 0.3 is 0 Å². The first-order valence-corrected chi connectivity index (χ1v) is 13.2. The molecule has 0 bridgehead atoms. The van der Waals surface area contributed by atoms with E-state index in [1.807, 2.05) is 35.0 Å². The third-order valence-electron chi connectivity index (χ3n) is 7.51. The smallest absolute Gasteiger partial charge is 0.252 e. The van der Waals surface area contributed by atoms with Gasteiger partial charge in [-0.15, -0.1) is 5.10 Å². The van der Waals surface area contributed by atoms with Gasteiger partial charge in [-0.25, -0.2) is 4.68 Å². The van der Waals surface area contributed by atoms with Crippen molar-refractivity contribution >= 4 is 10.9 Å². The first-order chi connectivity index (χ1) is 18.2. The molecule has 1 unspecified atom stereocenters. The summed E-state index contributed by atoms with van der Waals surface area (Å²) < 4.78 is 18.8. The molecule has 0 radical (unpaired) electrons. The van der Waals surface area contributed by atoms with Gasteiger partial charge < -0.3 is 18.9 Å². The minimum atomic E-state index is -0.0879. The number of aromatic nitrogens is 5. The average molecular weight is 505 g/mol. The summed E-state index contributed by atoms with van der Waals surface area (Å²) in [7, 11) is 0. The predicted octanol–water partition coefficient (Wildman–Crippen LogP) is 4.21. The molecule has 4 aromatic rings. The molecule has 1 atom stereocenters. The van der Waals surface area contributed by atoms with Crippen LogP contribution in [0, 0.1) is 0 Å². The highest BCUT2D eigenvalue weighted by Crippen LogP contribution is 2.35. The summed E-state index contributed by atoms with van der Waals surface area (Å²) in [4.78, 5) is 18.8. The van der Waals surface area contributed by atoms with Gasteiger partial charge in [-0.05, 0) is 54.0 Å². The zero-order valence-corrected chi connectivity index (χ0v) is 21.1. The van der Waals surface area contributed by atoms with E-state index in [0.717, 1.165) is 47.3 Å². The standard InChI is InChI=1S/C27H32N6O4/c1-2-23(26-29-30-31-33(26)17-21-9-6-10-35-21)32(20-7-4-3-5-8-20)16-19-13-18-14-24-25(37-12-11-36-24)15-22(18)28-27(19)34/h6,9-10,13-15,20,23H,2-5,7-8,11-12,16-17H2,1H3,(H,28,34). The van der Waals surface area contributed by atoms with Crippen molar-refractivity contribution in [3.63, 3.8) is 0 Å². The molecule has 1 saturated carbocycles. The molecule has 194 valence electrons. The molecule has 10 nitrogen and oxygen atoms in total. The normalized spacial score (nSPS) is 16.9. The van der Waals surface area contributed by atoms with E-state index < -0.39 is 0 Å². The van der Waals surface area contributed by atoms with E-state index in [-0.39, 0.29) is 11.6 Å². The van der Waals surface area contributed by atoms with E-state index in [2.05, 4.69) is 32.3 Å². The van der Waals surface area contributed by atoms with Crippen LogP contribution in [0.2, 0.25) is 0 Å². The van der Waals surface area contributed by atoms with Gasteiger partial charge in [0.05, 0.1) is 17.8 Å². The van der Waals surface area contributed by atoms with Gasteiger partial charge in [0.2, 0.25) is 0 Å². The summed E-state index contributed by atoms with van der Waals surface area (Å²) in [5.74, 6) is 2.97. The van der Waals surface area contributed by atoms with Crippen molar-refractivity contribution in [1.29, 1.82) is 0 Å². The van der Waals surface area contributed by atoms with Gasteiger partial charge in [0.15, 0.2) is 17.3 Å². The third kappa shape index (κ3) is 4.85. The summed E-state index contributed by atoms with van der Waals surface area (Å²) in [5, 5.41) is 13.7. The number of fused-ring (bicyclic) bond motifs is 2. The molecule has 1 fully saturated rings. The predicted molar refractivity (Wildman–Crippen MR) is 137 cm³/mol. The van der Waals surface area contributed by atoms with E-state index >= 15 is 0 Å². The molecule has 0 spiro atoms. The highest BCUT2D eigenvalue weighted by atomic mass is 16.6. The summed E-state index contributed by atoms with van der Waals surface area (Å²) in [6.45, 7) is 4.16. The number of hydrogen-bond acceptors (Lipinski definition) is 8. The summed E-state index contributed by atoms with van der Waals surface area (Å²) >= 11 is 0. The molecular weight excluding hydrogens is 472 g/mol. The van der Waals surface area contributed by atoms with E-state index in [9.17, 15) is 4.79 Å². The Kier molecular flexibility index (Phi) is 6.65. The van der Waals surface area contributed by atoms with Crippen molar-refractivity contribution in [2.45, 2.75) is 70.6 Å². The van der Waals surface area contributed by atoms with Crippen LogP contribution in [-0.2, 0) is 13.1 Å². The lowest BCUT2D eigenvalue weighted by molar-refractivity contribution is 0.0842. The van der Waals surface area contributed by atoms with E-state index in [0.29, 0.717) is 43.8 Å². The van der Waals surface area contributed by atoms with Gasteiger partial charge in [-0.1, -0.05) is 26.2 Å². The molecule has 1 aromatic carbocycles. The molecule has 37 heavy (non-hydrogen) atoms. The van der Waals surface area contributed by atoms with Crippen LogP contribution in [0.1, 0.15) is 68.6 Å². The van der Waals surface area contributed by atoms with E-state index in [1.165, 1.54) is 19.3 Å². The summed E-state index contributed by atoms with van der Waals surface area (Å²) in [5.41, 5.74) is 1.38. The lowest BCUT2D eigenvalue weighted by Gasteiger charge is -2.39. The third-order valence-corrected chi connectivity index (χ3v) is 7.51. The second-order valence-electron chi connectivity index (χ2n) is 9.87. The molecule has 2 aliphatic rings. The number of ether oxygens (including phenoxy) is 2. The van der Waals surface area contributed by atoms with Crippen LogP contribution in [-0.4, -0.2) is 49.3 Å². The number of H-pyrrole nitrogens is 1. The van der Waals surface area contributed by atoms with Crippen molar-refractivity contribution in [2.24, 2.45) is 0 Å². The Bertz CT molecular complexity index is 1410. The fourth-order valence-electron chi connectivity index (χ4n) is 5.69. The highest BCUT2D eigenvalue weighted by Gasteiger charge is 2.32. The Morgan fingerprint density at radius 1 is 1.14 bits per heavy atom. The van der Waals surface area contributed by atoms with Crippen molar-refractivity contribution in [3.8, 4) is 11.5 Å². The van der Waals surface area contributed by atoms with Gasteiger partial charge in [-0.2, -0.15) is 0 Å². The largest absolute Gasteiger partial charge is 0.486 e. The minimum absolute atomic E-state index is 0.0385. The highest BCUT2D eigenvalue weighted by molar-refractivity contribution is 5.83. The average Bonchev–Trinajstić information content (AvgIpc) is 3.61. The Morgan fingerprint density at radius 3 is 2.70 bits per heavy atom. The fraction of sp³-hybridized carbons (Fsp3) is 0.481. The molecule has 0 amide bonds. The van der Waals surface area contributed by atoms with Crippen molar-refractivity contribution in [2.75, 3.05) is 13.2 Å². The maximum atomic E-state index is 13.3. The maximum absolute atomic E-state index is 13.3. The molecule has 3 aromatic heterocycles. The Hall–Kier alpha value is -3.66. The number of pyridine rings is 1. The molecule has 10 heteroatoms. The van der Waals surface area contributed by atoms with Gasteiger partial charge in [-0.3, -0.25) is 9.69 Å². The van der Waals surface area contributed by atoms with Crippen LogP contribution in [0.3, 0.4) is 0 Å². The van der Waals surface area contributed by atoms with Crippen LogP contribution in [0.15, 0.2) is 45.8 Å². The van der Waals surface area contributed by atoms with Crippen LogP contribution in [0.4, 0.5) is 0 Å². The lowest BCUT2D eigenvalue weighted by Crippen LogP contribution is -2.41. The van der Waals surface area contributed by atoms with Crippen molar-refractivity contribution in [1.82, 2.24) is 30.1 Å². The second kappa shape index (κ2) is 10.4. The Morgan fingerprint density at radius 2 is 1.95 bits per heavy atom. The van der Waals surface area contributed by atoms with E-state index in [1.54, 1.807) is 6.26 Å². The number of nitrogens with one attached hydrogen (secondary N) is 1. The first kappa shape index (κ1) is 23.7. The molecule has 4 heterocycles. The quantitative estimate of drug-likeness (QED) is 0.380. The SMILES string of the molecule is CCC(c1nnnn1Cc1ccco1)N(Cc1cc2cc3c(cc2[nH]c1=O)OCCO3)C1CCCCC1. The molecular formula is C27H32N6O4. The minimum Gasteiger partial charge on any atom is -0.486 e. The number of nitrogens with zero attached hydrogens (tertiary/aromatic N) is 5. The molecule has 1 N–H and O–H groups in total. The van der Waals surface area contributed by atoms with Crippen LogP contribution in [0.5, 0.6) is 11.5 Å². The molecule has 0 saturated heterocycles. The van der Waals surface area contributed by atoms with Crippen molar-refractivity contribution in [3.05, 3.63) is 64.1 Å². The van der Waals surface area contributed by atoms with Crippen LogP contribution < -0.4 is 15.0 Å². The van der Waals surface area contributed by atoms with Crippen molar-refractivity contribution < 1.29 is 13.9 Å². The number of tetrazole rings is 1.